The molecular weight excluding hydrogens is 308 g/mol. The van der Waals surface area contributed by atoms with Gasteiger partial charge >= 0.3 is 5.69 Å². The normalized spacial score (nSPS) is 15.7. The minimum atomic E-state index is -0.291. The van der Waals surface area contributed by atoms with Crippen LogP contribution in [0.2, 0.25) is 0 Å². The summed E-state index contributed by atoms with van der Waals surface area (Å²) in [7, 11) is 3.19. The van der Waals surface area contributed by atoms with Gasteiger partial charge < -0.3 is 10.0 Å². The zero-order valence-corrected chi connectivity index (χ0v) is 14.0. The molecule has 128 valence electrons. The molecule has 7 heteroatoms. The van der Waals surface area contributed by atoms with E-state index in [9.17, 15) is 14.7 Å². The summed E-state index contributed by atoms with van der Waals surface area (Å²) < 4.78 is 2.65. The molecule has 0 aliphatic carbocycles. The van der Waals surface area contributed by atoms with Gasteiger partial charge in [0.25, 0.3) is 5.56 Å². The van der Waals surface area contributed by atoms with Crippen molar-refractivity contribution in [3.05, 3.63) is 56.9 Å². The second-order valence-electron chi connectivity index (χ2n) is 6.15. The minimum absolute atomic E-state index is 0.268. The Balaban J connectivity index is 1.67. The molecule has 2 heterocycles. The van der Waals surface area contributed by atoms with E-state index >= 15 is 0 Å². The van der Waals surface area contributed by atoms with Crippen LogP contribution in [0, 0.1) is 0 Å². The Kier molecular flexibility index (Phi) is 4.44. The minimum Gasteiger partial charge on any atom is -0.508 e. The molecule has 0 bridgehead atoms. The molecule has 1 fully saturated rings. The van der Waals surface area contributed by atoms with Crippen molar-refractivity contribution in [2.24, 2.45) is 14.1 Å². The van der Waals surface area contributed by atoms with Gasteiger partial charge in [0.2, 0.25) is 0 Å². The van der Waals surface area contributed by atoms with Gasteiger partial charge in [-0.05, 0) is 24.3 Å². The Morgan fingerprint density at radius 2 is 1.58 bits per heavy atom. The second-order valence-corrected chi connectivity index (χ2v) is 6.15. The maximum atomic E-state index is 12.0. The summed E-state index contributed by atoms with van der Waals surface area (Å²) in [6.45, 7) is 4.02. The highest BCUT2D eigenvalue weighted by atomic mass is 16.3. The van der Waals surface area contributed by atoms with Crippen molar-refractivity contribution in [3.63, 3.8) is 0 Å². The van der Waals surface area contributed by atoms with Crippen LogP contribution in [0.15, 0.2) is 39.9 Å². The second kappa shape index (κ2) is 6.52. The van der Waals surface area contributed by atoms with E-state index in [2.05, 4.69) is 9.80 Å². The molecule has 24 heavy (non-hydrogen) atoms. The fourth-order valence-electron chi connectivity index (χ4n) is 2.99. The summed E-state index contributed by atoms with van der Waals surface area (Å²) >= 11 is 0. The molecule has 0 spiro atoms. The number of phenolic OH excluding ortho intramolecular Hbond substituents is 1. The number of piperazine rings is 1. The first-order chi connectivity index (χ1) is 11.5. The number of nitrogens with zero attached hydrogens (tertiary/aromatic N) is 4. The predicted octanol–water partition coefficient (Wildman–Crippen LogP) is 0.112. The summed E-state index contributed by atoms with van der Waals surface area (Å²) in [5.41, 5.74) is 1.27. The topological polar surface area (TPSA) is 70.7 Å². The molecule has 1 aromatic carbocycles. The highest BCUT2D eigenvalue weighted by Gasteiger charge is 2.18. The summed E-state index contributed by atoms with van der Waals surface area (Å²) in [6.07, 6.45) is 0. The molecule has 1 aromatic heterocycles. The highest BCUT2D eigenvalue weighted by Crippen LogP contribution is 2.20. The number of aromatic nitrogens is 2. The van der Waals surface area contributed by atoms with Crippen LogP contribution in [0.5, 0.6) is 5.75 Å². The average Bonchev–Trinajstić information content (AvgIpc) is 2.59. The van der Waals surface area contributed by atoms with Gasteiger partial charge in [-0.15, -0.1) is 0 Å². The van der Waals surface area contributed by atoms with Gasteiger partial charge in [0.05, 0.1) is 0 Å². The highest BCUT2D eigenvalue weighted by molar-refractivity contribution is 5.49. The van der Waals surface area contributed by atoms with Crippen LogP contribution in [0.3, 0.4) is 0 Å². The van der Waals surface area contributed by atoms with E-state index in [1.54, 1.807) is 19.2 Å². The van der Waals surface area contributed by atoms with Crippen molar-refractivity contribution in [1.29, 1.82) is 0 Å². The van der Waals surface area contributed by atoms with E-state index in [1.807, 2.05) is 12.1 Å². The van der Waals surface area contributed by atoms with Crippen LogP contribution in [0.4, 0.5) is 5.69 Å². The van der Waals surface area contributed by atoms with Gasteiger partial charge in [0.15, 0.2) is 0 Å². The summed E-state index contributed by atoms with van der Waals surface area (Å²) in [6, 6.07) is 8.74. The van der Waals surface area contributed by atoms with Crippen LogP contribution in [-0.4, -0.2) is 45.3 Å². The molecule has 3 rings (SSSR count). The number of hydrogen-bond donors (Lipinski definition) is 1. The van der Waals surface area contributed by atoms with Gasteiger partial charge in [-0.25, -0.2) is 4.79 Å². The summed E-state index contributed by atoms with van der Waals surface area (Å²) in [5, 5.41) is 9.37. The van der Waals surface area contributed by atoms with E-state index in [0.29, 0.717) is 6.54 Å². The molecule has 0 radical (unpaired) electrons. The summed E-state index contributed by atoms with van der Waals surface area (Å²) in [4.78, 5) is 28.3. The lowest BCUT2D eigenvalue weighted by Crippen LogP contribution is -2.47. The van der Waals surface area contributed by atoms with Gasteiger partial charge in [-0.3, -0.25) is 18.8 Å². The number of anilines is 1. The number of hydrogen-bond acceptors (Lipinski definition) is 5. The zero-order chi connectivity index (χ0) is 17.3. The van der Waals surface area contributed by atoms with E-state index in [1.165, 1.54) is 17.7 Å². The third-order valence-corrected chi connectivity index (χ3v) is 4.60. The fraction of sp³-hybridized carbons (Fsp3) is 0.412. The first kappa shape index (κ1) is 16.3. The van der Waals surface area contributed by atoms with Crippen LogP contribution >= 0.6 is 0 Å². The lowest BCUT2D eigenvalue weighted by Gasteiger charge is -2.36. The average molecular weight is 330 g/mol. The third kappa shape index (κ3) is 3.21. The van der Waals surface area contributed by atoms with Gasteiger partial charge in [-0.2, -0.15) is 0 Å². The Hall–Kier alpha value is -2.54. The largest absolute Gasteiger partial charge is 0.508 e. The molecular formula is C17H22N4O3. The monoisotopic (exact) mass is 330 g/mol. The van der Waals surface area contributed by atoms with Crippen molar-refractivity contribution in [1.82, 2.24) is 14.0 Å². The first-order valence-electron chi connectivity index (χ1n) is 7.98. The van der Waals surface area contributed by atoms with Gasteiger partial charge in [0, 0.05) is 64.3 Å². The molecule has 2 aromatic rings. The smallest absolute Gasteiger partial charge is 0.330 e. The van der Waals surface area contributed by atoms with Gasteiger partial charge in [-0.1, -0.05) is 0 Å². The van der Waals surface area contributed by atoms with E-state index < -0.39 is 0 Å². The third-order valence-electron chi connectivity index (χ3n) is 4.60. The number of aromatic hydroxyl groups is 1. The van der Waals surface area contributed by atoms with Crippen molar-refractivity contribution in [3.8, 4) is 5.75 Å². The Bertz CT molecular complexity index is 830. The van der Waals surface area contributed by atoms with E-state index in [-0.39, 0.29) is 17.0 Å². The SMILES string of the molecule is Cn1c(CN2CCN(c3ccc(O)cc3)CC2)cc(=O)n(C)c1=O. The van der Waals surface area contributed by atoms with Crippen molar-refractivity contribution < 1.29 is 5.11 Å². The Morgan fingerprint density at radius 3 is 2.21 bits per heavy atom. The standard InChI is InChI=1S/C17H22N4O3/c1-18-14(11-16(23)19(2)17(18)24)12-20-7-9-21(10-8-20)13-3-5-15(22)6-4-13/h3-6,11,22H,7-10,12H2,1-2H3. The Labute approximate surface area is 140 Å². The predicted molar refractivity (Wildman–Crippen MR) is 92.5 cm³/mol. The number of phenols is 1. The molecule has 0 amide bonds. The number of rotatable bonds is 3. The van der Waals surface area contributed by atoms with Crippen LogP contribution in [0.25, 0.3) is 0 Å². The van der Waals surface area contributed by atoms with Crippen LogP contribution < -0.4 is 16.1 Å². The molecule has 1 N–H and O–H groups in total. The number of benzene rings is 1. The first-order valence-corrected chi connectivity index (χ1v) is 7.98. The summed E-state index contributed by atoms with van der Waals surface area (Å²) in [5.74, 6) is 0.268. The van der Waals surface area contributed by atoms with Crippen molar-refractivity contribution >= 4 is 5.69 Å². The molecule has 1 aliphatic rings. The maximum absolute atomic E-state index is 12.0. The molecule has 0 unspecified atom stereocenters. The van der Waals surface area contributed by atoms with Crippen LogP contribution in [0.1, 0.15) is 5.69 Å². The molecule has 7 nitrogen and oxygen atoms in total. The van der Waals surface area contributed by atoms with Crippen molar-refractivity contribution in [2.75, 3.05) is 31.1 Å². The van der Waals surface area contributed by atoms with E-state index in [0.717, 1.165) is 42.1 Å². The Morgan fingerprint density at radius 1 is 0.958 bits per heavy atom. The zero-order valence-electron chi connectivity index (χ0n) is 14.0. The molecule has 1 saturated heterocycles. The lowest BCUT2D eigenvalue weighted by atomic mass is 10.2. The van der Waals surface area contributed by atoms with E-state index in [4.69, 9.17) is 0 Å². The van der Waals surface area contributed by atoms with Gasteiger partial charge in [0.1, 0.15) is 5.75 Å². The molecule has 1 aliphatic heterocycles. The van der Waals surface area contributed by atoms with Crippen molar-refractivity contribution in [2.45, 2.75) is 6.54 Å². The lowest BCUT2D eigenvalue weighted by molar-refractivity contribution is 0.243. The van der Waals surface area contributed by atoms with Crippen LogP contribution in [-0.2, 0) is 20.6 Å². The molecule has 0 saturated carbocycles. The fourth-order valence-corrected chi connectivity index (χ4v) is 2.99. The maximum Gasteiger partial charge on any atom is 0.330 e. The molecule has 0 atom stereocenters. The quantitative estimate of drug-likeness (QED) is 0.865.